The van der Waals surface area contributed by atoms with Crippen LogP contribution in [0.15, 0.2) is 23.1 Å². The van der Waals surface area contributed by atoms with Crippen molar-refractivity contribution in [3.63, 3.8) is 0 Å². The molecule has 19 heavy (non-hydrogen) atoms. The smallest absolute Gasteiger partial charge is 0.231 e. The van der Waals surface area contributed by atoms with Crippen LogP contribution in [0.25, 0.3) is 11.5 Å². The van der Waals surface area contributed by atoms with Crippen molar-refractivity contribution in [3.8, 4) is 11.5 Å². The van der Waals surface area contributed by atoms with Gasteiger partial charge in [-0.15, -0.1) is 0 Å². The number of hydrogen-bond acceptors (Lipinski definition) is 6. The molecule has 6 heteroatoms. The maximum Gasteiger partial charge on any atom is 0.231 e. The number of nitrogens with zero attached hydrogens (tertiary/aromatic N) is 4. The molecule has 6 nitrogen and oxygen atoms in total. The Bertz CT molecular complexity index is 527. The second-order valence-corrected chi connectivity index (χ2v) is 4.84. The molecule has 0 radical (unpaired) electrons. The molecule has 0 aliphatic heterocycles. The number of nitrogens with one attached hydrogen (secondary N) is 1. The van der Waals surface area contributed by atoms with Gasteiger partial charge in [-0.05, 0) is 26.0 Å². The molecule has 0 amide bonds. The first-order valence-electron chi connectivity index (χ1n) is 6.65. The fourth-order valence-electron chi connectivity index (χ4n) is 2.68. The standard InChI is InChI=1S/C13H17N5O/c1-14-10-5-3-2-4-9(10)13-17-12(18-19-13)11-6-7-15-8-16-11/h6-10,14H,2-5H2,1H3. The summed E-state index contributed by atoms with van der Waals surface area (Å²) in [5.74, 6) is 1.56. The first-order valence-corrected chi connectivity index (χ1v) is 6.65. The van der Waals surface area contributed by atoms with Gasteiger partial charge in [0.15, 0.2) is 0 Å². The van der Waals surface area contributed by atoms with E-state index in [1.54, 1.807) is 12.3 Å². The van der Waals surface area contributed by atoms with Gasteiger partial charge in [-0.3, -0.25) is 0 Å². The van der Waals surface area contributed by atoms with Crippen LogP contribution in [0.5, 0.6) is 0 Å². The van der Waals surface area contributed by atoms with Gasteiger partial charge >= 0.3 is 0 Å². The molecule has 0 aromatic carbocycles. The molecule has 1 N–H and O–H groups in total. The van der Waals surface area contributed by atoms with Crippen molar-refractivity contribution in [3.05, 3.63) is 24.5 Å². The van der Waals surface area contributed by atoms with E-state index < -0.39 is 0 Å². The minimum atomic E-state index is 0.307. The Labute approximate surface area is 111 Å². The summed E-state index contributed by atoms with van der Waals surface area (Å²) in [6.07, 6.45) is 7.89. The van der Waals surface area contributed by atoms with Crippen molar-refractivity contribution in [2.24, 2.45) is 0 Å². The van der Waals surface area contributed by atoms with Crippen molar-refractivity contribution < 1.29 is 4.52 Å². The van der Waals surface area contributed by atoms with Crippen LogP contribution in [-0.4, -0.2) is 33.2 Å². The maximum atomic E-state index is 5.43. The monoisotopic (exact) mass is 259 g/mol. The van der Waals surface area contributed by atoms with E-state index in [9.17, 15) is 0 Å². The van der Waals surface area contributed by atoms with Crippen LogP contribution in [0.3, 0.4) is 0 Å². The summed E-state index contributed by atoms with van der Waals surface area (Å²) in [4.78, 5) is 12.5. The van der Waals surface area contributed by atoms with Crippen LogP contribution < -0.4 is 5.32 Å². The van der Waals surface area contributed by atoms with Crippen LogP contribution in [0, 0.1) is 0 Å². The predicted molar refractivity (Wildman–Crippen MR) is 69.4 cm³/mol. The van der Waals surface area contributed by atoms with Crippen LogP contribution in [-0.2, 0) is 0 Å². The van der Waals surface area contributed by atoms with E-state index in [0.717, 1.165) is 12.8 Å². The third-order valence-corrected chi connectivity index (χ3v) is 3.71. The van der Waals surface area contributed by atoms with Gasteiger partial charge in [0, 0.05) is 12.2 Å². The van der Waals surface area contributed by atoms with Crippen molar-refractivity contribution in [1.82, 2.24) is 25.4 Å². The normalized spacial score (nSPS) is 23.4. The molecular formula is C13H17N5O. The SMILES string of the molecule is CNC1CCCCC1c1nc(-c2ccncn2)no1. The Kier molecular flexibility index (Phi) is 3.50. The average Bonchev–Trinajstić information content (AvgIpc) is 2.98. The van der Waals surface area contributed by atoms with E-state index in [1.165, 1.54) is 19.2 Å². The van der Waals surface area contributed by atoms with Gasteiger partial charge in [0.2, 0.25) is 11.7 Å². The Hall–Kier alpha value is -1.82. The minimum Gasteiger partial charge on any atom is -0.339 e. The lowest BCUT2D eigenvalue weighted by Gasteiger charge is -2.28. The third kappa shape index (κ3) is 2.49. The topological polar surface area (TPSA) is 76.7 Å². The highest BCUT2D eigenvalue weighted by molar-refractivity contribution is 5.46. The minimum absolute atomic E-state index is 0.307. The average molecular weight is 259 g/mol. The third-order valence-electron chi connectivity index (χ3n) is 3.71. The lowest BCUT2D eigenvalue weighted by molar-refractivity contribution is 0.270. The fourth-order valence-corrected chi connectivity index (χ4v) is 2.68. The quantitative estimate of drug-likeness (QED) is 0.905. The van der Waals surface area contributed by atoms with Crippen LogP contribution >= 0.6 is 0 Å². The van der Waals surface area contributed by atoms with Crippen molar-refractivity contribution >= 4 is 0 Å². The predicted octanol–water partition coefficient (Wildman–Crippen LogP) is 1.77. The summed E-state index contributed by atoms with van der Waals surface area (Å²) < 4.78 is 5.43. The molecule has 0 bridgehead atoms. The summed E-state index contributed by atoms with van der Waals surface area (Å²) in [5, 5.41) is 7.37. The maximum absolute atomic E-state index is 5.43. The van der Waals surface area contributed by atoms with E-state index in [0.29, 0.717) is 29.4 Å². The Morgan fingerprint density at radius 1 is 1.32 bits per heavy atom. The van der Waals surface area contributed by atoms with Crippen molar-refractivity contribution in [2.45, 2.75) is 37.6 Å². The zero-order chi connectivity index (χ0) is 13.1. The highest BCUT2D eigenvalue weighted by Gasteiger charge is 2.30. The van der Waals surface area contributed by atoms with Crippen molar-refractivity contribution in [1.29, 1.82) is 0 Å². The molecule has 1 saturated carbocycles. The van der Waals surface area contributed by atoms with E-state index in [-0.39, 0.29) is 0 Å². The highest BCUT2D eigenvalue weighted by atomic mass is 16.5. The molecule has 1 aliphatic carbocycles. The molecular weight excluding hydrogens is 242 g/mol. The van der Waals surface area contributed by atoms with Gasteiger partial charge in [0.05, 0.1) is 5.92 Å². The Balaban J connectivity index is 1.84. The molecule has 0 spiro atoms. The lowest BCUT2D eigenvalue weighted by atomic mass is 9.84. The van der Waals surface area contributed by atoms with Crippen molar-refractivity contribution in [2.75, 3.05) is 7.05 Å². The second kappa shape index (κ2) is 5.44. The zero-order valence-electron chi connectivity index (χ0n) is 10.9. The molecule has 2 unspecified atom stereocenters. The largest absolute Gasteiger partial charge is 0.339 e. The van der Waals surface area contributed by atoms with Gasteiger partial charge in [0.25, 0.3) is 0 Å². The summed E-state index contributed by atoms with van der Waals surface area (Å²) in [6, 6.07) is 2.21. The molecule has 100 valence electrons. The first kappa shape index (κ1) is 12.2. The molecule has 0 saturated heterocycles. The van der Waals surface area contributed by atoms with E-state index in [4.69, 9.17) is 4.52 Å². The molecule has 3 rings (SSSR count). The highest BCUT2D eigenvalue weighted by Crippen LogP contribution is 2.32. The molecule has 2 aromatic rings. The Morgan fingerprint density at radius 2 is 2.21 bits per heavy atom. The number of rotatable bonds is 3. The summed E-state index contributed by atoms with van der Waals surface area (Å²) in [5.41, 5.74) is 0.696. The molecule has 2 aromatic heterocycles. The molecule has 2 atom stereocenters. The summed E-state index contributed by atoms with van der Waals surface area (Å²) in [6.45, 7) is 0. The van der Waals surface area contributed by atoms with E-state index >= 15 is 0 Å². The lowest BCUT2D eigenvalue weighted by Crippen LogP contribution is -2.34. The summed E-state index contributed by atoms with van der Waals surface area (Å²) in [7, 11) is 1.99. The number of aromatic nitrogens is 4. The number of hydrogen-bond donors (Lipinski definition) is 1. The van der Waals surface area contributed by atoms with Gasteiger partial charge in [0.1, 0.15) is 12.0 Å². The zero-order valence-corrected chi connectivity index (χ0v) is 10.9. The molecule has 2 heterocycles. The van der Waals surface area contributed by atoms with Gasteiger partial charge in [-0.25, -0.2) is 9.97 Å². The number of likely N-dealkylation sites (N-methyl/N-ethyl adjacent to an activating group) is 1. The van der Waals surface area contributed by atoms with Gasteiger partial charge in [-0.1, -0.05) is 18.0 Å². The molecule has 1 aliphatic rings. The van der Waals surface area contributed by atoms with Crippen LogP contribution in [0.1, 0.15) is 37.5 Å². The van der Waals surface area contributed by atoms with E-state index in [1.807, 2.05) is 7.05 Å². The van der Waals surface area contributed by atoms with Crippen LogP contribution in [0.2, 0.25) is 0 Å². The second-order valence-electron chi connectivity index (χ2n) is 4.84. The van der Waals surface area contributed by atoms with E-state index in [2.05, 4.69) is 25.4 Å². The first-order chi connectivity index (χ1) is 9.38. The molecule has 1 fully saturated rings. The summed E-state index contributed by atoms with van der Waals surface area (Å²) >= 11 is 0. The van der Waals surface area contributed by atoms with Gasteiger partial charge in [-0.2, -0.15) is 4.98 Å². The Morgan fingerprint density at radius 3 is 3.00 bits per heavy atom. The van der Waals surface area contributed by atoms with Crippen LogP contribution in [0.4, 0.5) is 0 Å². The van der Waals surface area contributed by atoms with Gasteiger partial charge < -0.3 is 9.84 Å². The fraction of sp³-hybridized carbons (Fsp3) is 0.538.